The predicted octanol–water partition coefficient (Wildman–Crippen LogP) is 1.24. The summed E-state index contributed by atoms with van der Waals surface area (Å²) >= 11 is 0. The molecule has 6 aliphatic rings. The van der Waals surface area contributed by atoms with Crippen LogP contribution in [-0.2, 0) is 78.6 Å². The molecular weight excluding hydrogens is 660 g/mol. The van der Waals surface area contributed by atoms with E-state index < -0.39 is 0 Å². The number of imide groups is 6. The fourth-order valence-electron chi connectivity index (χ4n) is 2.79. The number of hydrogen-bond acceptors (Lipinski definition) is 12. The minimum Gasteiger partial charge on any atom is -0.596 e. The molecule has 12 amide bonds. The van der Waals surface area contributed by atoms with Crippen molar-refractivity contribution in [3.05, 3.63) is 31.9 Å². The Kier molecular flexibility index (Phi) is 18.3. The van der Waals surface area contributed by atoms with Gasteiger partial charge in [0.05, 0.1) is 70.9 Å². The molecule has 0 N–H and O–H groups in total. The summed E-state index contributed by atoms with van der Waals surface area (Å²) in [6, 6.07) is 0. The molecule has 0 spiro atoms. The third-order valence-corrected chi connectivity index (χ3v) is 4.81. The quantitative estimate of drug-likeness (QED) is 0.257. The van der Waals surface area contributed by atoms with Gasteiger partial charge in [0.2, 0.25) is 0 Å². The van der Waals surface area contributed by atoms with Crippen molar-refractivity contribution >= 4 is 70.9 Å². The van der Waals surface area contributed by atoms with Crippen LogP contribution in [0, 0.1) is 0 Å². The summed E-state index contributed by atoms with van der Waals surface area (Å²) in [5, 5.41) is 18.7. The van der Waals surface area contributed by atoms with Crippen LogP contribution < -0.4 is 0 Å². The van der Waals surface area contributed by atoms with E-state index in [0.717, 1.165) is 0 Å². The topological polar surface area (TPSA) is 289 Å². The zero-order valence-corrected chi connectivity index (χ0v) is 24.5. The summed E-state index contributed by atoms with van der Waals surface area (Å²) < 4.78 is 0. The monoisotopic (exact) mass is 686 g/mol. The minimum atomic E-state index is -0.273. The molecule has 0 bridgehead atoms. The van der Waals surface area contributed by atoms with Gasteiger partial charge in [-0.3, -0.25) is 0 Å². The maximum absolute atomic E-state index is 10.1. The molecule has 6 rings (SSSR count). The van der Waals surface area contributed by atoms with Gasteiger partial charge in [-0.05, 0) is 77.0 Å². The molecule has 0 unspecified atom stereocenters. The van der Waals surface area contributed by atoms with Crippen LogP contribution in [0.25, 0.3) is 31.9 Å². The Bertz CT molecular complexity index is 869. The van der Waals surface area contributed by atoms with Gasteiger partial charge in [0.25, 0.3) is 0 Å². The molecule has 43 heavy (non-hydrogen) atoms. The molecule has 0 aliphatic carbocycles. The smallest absolute Gasteiger partial charge is 0.596 e. The molecule has 0 aromatic rings. The number of nitrogens with zero attached hydrogens (tertiary/aromatic N) is 6. The number of rotatable bonds is 0. The first-order valence-electron chi connectivity index (χ1n) is 12.4. The van der Waals surface area contributed by atoms with Crippen molar-refractivity contribution in [2.24, 2.45) is 0 Å². The van der Waals surface area contributed by atoms with Crippen LogP contribution in [-0.4, -0.2) is 70.9 Å². The zero-order valence-electron chi connectivity index (χ0n) is 22.5. The molecule has 0 atom stereocenters. The number of hydrogen-bond donors (Lipinski definition) is 0. The number of amides is 12. The van der Waals surface area contributed by atoms with Crippen LogP contribution in [0.4, 0.5) is 0 Å². The Morgan fingerprint density at radius 3 is 0.302 bits per heavy atom. The molecule has 18 nitrogen and oxygen atoms in total. The van der Waals surface area contributed by atoms with E-state index in [1.54, 1.807) is 0 Å². The largest absolute Gasteiger partial charge is 6.00 e. The summed E-state index contributed by atoms with van der Waals surface area (Å²) in [6.45, 7) is 0. The van der Waals surface area contributed by atoms with Gasteiger partial charge in [0.1, 0.15) is 0 Å². The van der Waals surface area contributed by atoms with Crippen molar-refractivity contribution in [1.29, 1.82) is 0 Å². The normalized spacial score (nSPS) is 19.5. The summed E-state index contributed by atoms with van der Waals surface area (Å²) in [5.41, 5.74) is 0. The molecule has 0 saturated carbocycles. The molecular formula is C24H24MoN6O12. The van der Waals surface area contributed by atoms with Crippen molar-refractivity contribution in [2.75, 3.05) is 0 Å². The average molecular weight is 684 g/mol. The Labute approximate surface area is 258 Å². The average Bonchev–Trinajstić information content (AvgIpc) is 3.76. The van der Waals surface area contributed by atoms with Gasteiger partial charge in [-0.2, -0.15) is 0 Å². The maximum atomic E-state index is 10.1. The second-order valence-corrected chi connectivity index (χ2v) is 8.40. The third kappa shape index (κ3) is 19.3. The van der Waals surface area contributed by atoms with Gasteiger partial charge in [-0.25, -0.2) is 0 Å². The van der Waals surface area contributed by atoms with E-state index in [0.29, 0.717) is 77.0 Å². The summed E-state index contributed by atoms with van der Waals surface area (Å²) in [7, 11) is 0. The van der Waals surface area contributed by atoms with Crippen molar-refractivity contribution in [3.63, 3.8) is 0 Å². The molecule has 0 aromatic heterocycles. The van der Waals surface area contributed by atoms with E-state index in [-0.39, 0.29) is 92.0 Å². The van der Waals surface area contributed by atoms with E-state index in [1.165, 1.54) is 0 Å². The first-order valence-corrected chi connectivity index (χ1v) is 12.4. The van der Waals surface area contributed by atoms with E-state index in [4.69, 9.17) is 0 Å². The summed E-state index contributed by atoms with van der Waals surface area (Å²) in [6.07, 6.45) is 3.82. The van der Waals surface area contributed by atoms with Crippen LogP contribution in [0.3, 0.4) is 0 Å². The molecule has 6 heterocycles. The SMILES string of the molecule is O=C1CCC(=O)[N-]1.O=C1CCC(=O)[N-]1.O=C1CCC(=O)[N-]1.O=C1CCC(=O)[N-]1.O=C1CCC(=O)[N-]1.O=C1CCC(=O)[N-]1.[Mo+6]. The molecule has 19 heteroatoms. The van der Waals surface area contributed by atoms with Crippen LogP contribution in [0.1, 0.15) is 77.0 Å². The second-order valence-electron chi connectivity index (χ2n) is 8.40. The van der Waals surface area contributed by atoms with E-state index in [1.807, 2.05) is 0 Å². The fourth-order valence-corrected chi connectivity index (χ4v) is 2.79. The molecule has 6 aliphatic heterocycles. The van der Waals surface area contributed by atoms with Crippen molar-refractivity contribution in [2.45, 2.75) is 77.0 Å². The Morgan fingerprint density at radius 1 is 0.209 bits per heavy atom. The van der Waals surface area contributed by atoms with E-state index >= 15 is 0 Å². The van der Waals surface area contributed by atoms with Gasteiger partial charge in [0, 0.05) is 0 Å². The summed E-state index contributed by atoms with van der Waals surface area (Å²) in [4.78, 5) is 121. The van der Waals surface area contributed by atoms with Crippen molar-refractivity contribution in [3.8, 4) is 0 Å². The van der Waals surface area contributed by atoms with Gasteiger partial charge in [-0.15, -0.1) is 0 Å². The Morgan fingerprint density at radius 2 is 0.279 bits per heavy atom. The fraction of sp³-hybridized carbons (Fsp3) is 0.500. The Hall–Kier alpha value is -4.47. The van der Waals surface area contributed by atoms with E-state index in [9.17, 15) is 57.5 Å². The molecule has 0 radical (unpaired) electrons. The van der Waals surface area contributed by atoms with Gasteiger partial charge in [-0.1, -0.05) is 0 Å². The molecule has 0 aromatic carbocycles. The third-order valence-electron chi connectivity index (χ3n) is 4.81. The van der Waals surface area contributed by atoms with Crippen molar-refractivity contribution < 1.29 is 78.6 Å². The van der Waals surface area contributed by atoms with Gasteiger partial charge < -0.3 is 89.4 Å². The first-order chi connectivity index (χ1) is 19.7. The number of carbonyl (C=O) groups excluding carboxylic acids is 12. The Balaban J connectivity index is 0.000000490. The number of carbonyl (C=O) groups is 12. The van der Waals surface area contributed by atoms with Crippen LogP contribution >= 0.6 is 0 Å². The maximum Gasteiger partial charge on any atom is 6.00 e. The summed E-state index contributed by atoms with van der Waals surface area (Å²) in [5.74, 6) is -3.28. The van der Waals surface area contributed by atoms with Crippen LogP contribution in [0.5, 0.6) is 0 Å². The second kappa shape index (κ2) is 20.4. The zero-order chi connectivity index (χ0) is 31.7. The standard InChI is InChI=1S/6C4H5NO2.Mo/c6*6-3-1-2-4(7)5-3;/h6*1-2H2,(H,5,6,7);/q;;;;;;+6/p-6. The van der Waals surface area contributed by atoms with Crippen molar-refractivity contribution in [1.82, 2.24) is 0 Å². The van der Waals surface area contributed by atoms with Gasteiger partial charge in [0.15, 0.2) is 0 Å². The van der Waals surface area contributed by atoms with Gasteiger partial charge >= 0.3 is 21.1 Å². The van der Waals surface area contributed by atoms with Crippen LogP contribution in [0.15, 0.2) is 0 Å². The first kappa shape index (κ1) is 38.5. The predicted molar refractivity (Wildman–Crippen MR) is 136 cm³/mol. The molecule has 6 fully saturated rings. The van der Waals surface area contributed by atoms with Crippen LogP contribution in [0.2, 0.25) is 0 Å². The molecule has 6 saturated heterocycles. The molecule has 228 valence electrons. The minimum absolute atomic E-state index is 0. The van der Waals surface area contributed by atoms with E-state index in [2.05, 4.69) is 31.9 Å².